The average Bonchev–Trinajstić information content (AvgIpc) is 2.88. The Hall–Kier alpha value is -1.71. The predicted octanol–water partition coefficient (Wildman–Crippen LogP) is 3.07. The molecule has 0 saturated heterocycles. The number of thiocarbonyl (C=S) groups is 1. The molecule has 3 heteroatoms. The quantitative estimate of drug-likeness (QED) is 0.874. The van der Waals surface area contributed by atoms with Crippen LogP contribution in [0.15, 0.2) is 54.6 Å². The van der Waals surface area contributed by atoms with Gasteiger partial charge in [0.05, 0.1) is 4.99 Å². The van der Waals surface area contributed by atoms with Gasteiger partial charge in [0.15, 0.2) is 0 Å². The van der Waals surface area contributed by atoms with Gasteiger partial charge in [-0.05, 0) is 16.7 Å². The third kappa shape index (κ3) is 2.74. The molecule has 2 N–H and O–H groups in total. The van der Waals surface area contributed by atoms with E-state index in [9.17, 15) is 0 Å². The fourth-order valence-corrected chi connectivity index (χ4v) is 3.05. The van der Waals surface area contributed by atoms with Crippen molar-refractivity contribution in [3.05, 3.63) is 71.3 Å². The van der Waals surface area contributed by atoms with Crippen LogP contribution in [0.2, 0.25) is 0 Å². The van der Waals surface area contributed by atoms with Crippen molar-refractivity contribution in [3.8, 4) is 0 Å². The zero-order chi connectivity index (χ0) is 13.9. The van der Waals surface area contributed by atoms with Crippen molar-refractivity contribution in [2.75, 3.05) is 6.54 Å². The molecule has 2 nitrogen and oxygen atoms in total. The summed E-state index contributed by atoms with van der Waals surface area (Å²) in [6.07, 6.45) is 0. The normalized spacial score (nSPS) is 15.8. The molecule has 1 aliphatic heterocycles. The van der Waals surface area contributed by atoms with Crippen molar-refractivity contribution in [2.45, 2.75) is 19.0 Å². The standard InChI is InChI=1S/C17H18N2S/c18-17(20)16(13-6-2-1-3-7-13)12-19-10-14-8-4-5-9-15(14)11-19/h1-9,16H,10-12H2,(H2,18,20). The minimum Gasteiger partial charge on any atom is -0.393 e. The molecule has 0 saturated carbocycles. The van der Waals surface area contributed by atoms with Crippen LogP contribution in [0.5, 0.6) is 0 Å². The Morgan fingerprint density at radius 2 is 1.55 bits per heavy atom. The second-order valence-electron chi connectivity index (χ2n) is 5.30. The van der Waals surface area contributed by atoms with Gasteiger partial charge in [-0.3, -0.25) is 4.90 Å². The van der Waals surface area contributed by atoms with Gasteiger partial charge >= 0.3 is 0 Å². The molecule has 0 fully saturated rings. The number of rotatable bonds is 4. The lowest BCUT2D eigenvalue weighted by atomic mass is 9.98. The minimum atomic E-state index is 0.125. The van der Waals surface area contributed by atoms with Crippen LogP contribution in [0.4, 0.5) is 0 Å². The van der Waals surface area contributed by atoms with E-state index < -0.39 is 0 Å². The van der Waals surface area contributed by atoms with Crippen LogP contribution in [0.1, 0.15) is 22.6 Å². The SMILES string of the molecule is NC(=S)C(CN1Cc2ccccc2C1)c1ccccc1. The van der Waals surface area contributed by atoms with E-state index in [1.54, 1.807) is 0 Å². The maximum absolute atomic E-state index is 5.96. The van der Waals surface area contributed by atoms with Gasteiger partial charge in [0, 0.05) is 25.6 Å². The van der Waals surface area contributed by atoms with Crippen molar-refractivity contribution in [3.63, 3.8) is 0 Å². The van der Waals surface area contributed by atoms with Gasteiger partial charge in [0.2, 0.25) is 0 Å². The number of hydrogen-bond donors (Lipinski definition) is 1. The largest absolute Gasteiger partial charge is 0.393 e. The first-order chi connectivity index (χ1) is 9.74. The lowest BCUT2D eigenvalue weighted by Crippen LogP contribution is -2.31. The third-order valence-electron chi connectivity index (χ3n) is 3.89. The van der Waals surface area contributed by atoms with Crippen molar-refractivity contribution in [1.29, 1.82) is 0 Å². The Labute approximate surface area is 125 Å². The molecule has 102 valence electrons. The summed E-state index contributed by atoms with van der Waals surface area (Å²) in [5, 5.41) is 0. The Bertz CT molecular complexity index is 584. The molecule has 0 aromatic heterocycles. The molecule has 2 aromatic rings. The predicted molar refractivity (Wildman–Crippen MR) is 86.5 cm³/mol. The van der Waals surface area contributed by atoms with Crippen LogP contribution < -0.4 is 5.73 Å². The van der Waals surface area contributed by atoms with E-state index in [0.29, 0.717) is 4.99 Å². The van der Waals surface area contributed by atoms with Crippen LogP contribution in [0, 0.1) is 0 Å². The number of benzene rings is 2. The van der Waals surface area contributed by atoms with E-state index >= 15 is 0 Å². The number of hydrogen-bond acceptors (Lipinski definition) is 2. The molecule has 0 aliphatic carbocycles. The van der Waals surface area contributed by atoms with Crippen LogP contribution in [-0.2, 0) is 13.1 Å². The number of fused-ring (bicyclic) bond motifs is 1. The summed E-state index contributed by atoms with van der Waals surface area (Å²) in [5.41, 5.74) is 10.00. The van der Waals surface area contributed by atoms with Crippen molar-refractivity contribution in [1.82, 2.24) is 4.90 Å². The maximum Gasteiger partial charge on any atom is 0.0816 e. The summed E-state index contributed by atoms with van der Waals surface area (Å²) in [4.78, 5) is 2.99. The minimum absolute atomic E-state index is 0.125. The first-order valence-electron chi connectivity index (χ1n) is 6.87. The Balaban J connectivity index is 1.75. The molecule has 1 atom stereocenters. The lowest BCUT2D eigenvalue weighted by molar-refractivity contribution is 0.281. The molecular formula is C17H18N2S. The van der Waals surface area contributed by atoms with E-state index in [2.05, 4.69) is 41.3 Å². The zero-order valence-corrected chi connectivity index (χ0v) is 12.1. The van der Waals surface area contributed by atoms with Gasteiger partial charge < -0.3 is 5.73 Å². The van der Waals surface area contributed by atoms with Crippen LogP contribution in [0.3, 0.4) is 0 Å². The average molecular weight is 282 g/mol. The monoisotopic (exact) mass is 282 g/mol. The molecule has 2 aromatic carbocycles. The summed E-state index contributed by atoms with van der Waals surface area (Å²) >= 11 is 5.27. The third-order valence-corrected chi connectivity index (χ3v) is 4.18. The van der Waals surface area contributed by atoms with Crippen LogP contribution in [-0.4, -0.2) is 16.4 Å². The summed E-state index contributed by atoms with van der Waals surface area (Å²) in [6, 6.07) is 18.9. The first kappa shape index (κ1) is 13.3. The summed E-state index contributed by atoms with van der Waals surface area (Å²) in [5.74, 6) is 0.125. The Morgan fingerprint density at radius 1 is 1.00 bits per heavy atom. The maximum atomic E-state index is 5.96. The summed E-state index contributed by atoms with van der Waals surface area (Å²) < 4.78 is 0. The highest BCUT2D eigenvalue weighted by molar-refractivity contribution is 7.80. The van der Waals surface area contributed by atoms with E-state index in [0.717, 1.165) is 19.6 Å². The lowest BCUT2D eigenvalue weighted by Gasteiger charge is -2.23. The summed E-state index contributed by atoms with van der Waals surface area (Å²) in [7, 11) is 0. The van der Waals surface area contributed by atoms with Gasteiger partial charge in [0.25, 0.3) is 0 Å². The fraction of sp³-hybridized carbons (Fsp3) is 0.235. The fourth-order valence-electron chi connectivity index (χ4n) is 2.84. The number of nitrogens with zero attached hydrogens (tertiary/aromatic N) is 1. The van der Waals surface area contributed by atoms with Crippen LogP contribution in [0.25, 0.3) is 0 Å². The molecule has 0 bridgehead atoms. The smallest absolute Gasteiger partial charge is 0.0816 e. The van der Waals surface area contributed by atoms with Crippen molar-refractivity contribution >= 4 is 17.2 Å². The Kier molecular flexibility index (Phi) is 3.81. The van der Waals surface area contributed by atoms with Crippen molar-refractivity contribution < 1.29 is 0 Å². The summed E-state index contributed by atoms with van der Waals surface area (Å²) in [6.45, 7) is 2.86. The molecule has 20 heavy (non-hydrogen) atoms. The van der Waals surface area contributed by atoms with E-state index in [1.165, 1.54) is 16.7 Å². The van der Waals surface area contributed by atoms with Crippen molar-refractivity contribution in [2.24, 2.45) is 5.73 Å². The number of nitrogens with two attached hydrogens (primary N) is 1. The molecule has 0 amide bonds. The highest BCUT2D eigenvalue weighted by Gasteiger charge is 2.23. The molecule has 0 radical (unpaired) electrons. The second-order valence-corrected chi connectivity index (χ2v) is 5.78. The van der Waals surface area contributed by atoms with Gasteiger partial charge in [0.1, 0.15) is 0 Å². The van der Waals surface area contributed by atoms with Gasteiger partial charge in [-0.1, -0.05) is 66.8 Å². The highest BCUT2D eigenvalue weighted by atomic mass is 32.1. The molecule has 1 unspecified atom stereocenters. The molecule has 3 rings (SSSR count). The van der Waals surface area contributed by atoms with E-state index in [-0.39, 0.29) is 5.92 Å². The first-order valence-corrected chi connectivity index (χ1v) is 7.28. The highest BCUT2D eigenvalue weighted by Crippen LogP contribution is 2.26. The molecule has 1 aliphatic rings. The molecule has 0 spiro atoms. The van der Waals surface area contributed by atoms with Gasteiger partial charge in [-0.2, -0.15) is 0 Å². The van der Waals surface area contributed by atoms with E-state index in [4.69, 9.17) is 18.0 Å². The zero-order valence-electron chi connectivity index (χ0n) is 11.3. The van der Waals surface area contributed by atoms with Gasteiger partial charge in [-0.25, -0.2) is 0 Å². The molecule has 1 heterocycles. The Morgan fingerprint density at radius 3 is 2.10 bits per heavy atom. The second kappa shape index (κ2) is 5.73. The van der Waals surface area contributed by atoms with E-state index in [1.807, 2.05) is 18.2 Å². The van der Waals surface area contributed by atoms with Crippen LogP contribution >= 0.6 is 12.2 Å². The molecular weight excluding hydrogens is 264 g/mol. The van der Waals surface area contributed by atoms with Gasteiger partial charge in [-0.15, -0.1) is 0 Å². The topological polar surface area (TPSA) is 29.3 Å².